The Hall–Kier alpha value is -2.85. The first-order valence-corrected chi connectivity index (χ1v) is 13.0. The van der Waals surface area contributed by atoms with Gasteiger partial charge in [0.2, 0.25) is 5.91 Å². The Bertz CT molecular complexity index is 1090. The highest BCUT2D eigenvalue weighted by Crippen LogP contribution is 2.32. The van der Waals surface area contributed by atoms with Crippen molar-refractivity contribution in [3.63, 3.8) is 0 Å². The van der Waals surface area contributed by atoms with Gasteiger partial charge in [0, 0.05) is 69.8 Å². The summed E-state index contributed by atoms with van der Waals surface area (Å²) in [6.07, 6.45) is 1.87. The van der Waals surface area contributed by atoms with Crippen LogP contribution >= 0.6 is 11.6 Å². The maximum Gasteiger partial charge on any atom is 0.250 e. The van der Waals surface area contributed by atoms with Gasteiger partial charge in [-0.15, -0.1) is 0 Å². The first-order valence-electron chi connectivity index (χ1n) is 12.6. The summed E-state index contributed by atoms with van der Waals surface area (Å²) in [7, 11) is 0. The number of piperazine rings is 1. The molecule has 3 fully saturated rings. The highest BCUT2D eigenvalue weighted by molar-refractivity contribution is 6.33. The van der Waals surface area contributed by atoms with E-state index < -0.39 is 12.1 Å². The zero-order chi connectivity index (χ0) is 25.2. The molecule has 9 nitrogen and oxygen atoms in total. The number of alkyl halides is 1. The molecule has 0 aromatic carbocycles. The van der Waals surface area contributed by atoms with Gasteiger partial charge in [-0.25, -0.2) is 14.4 Å². The van der Waals surface area contributed by atoms with Gasteiger partial charge in [0.05, 0.1) is 29.8 Å². The van der Waals surface area contributed by atoms with E-state index >= 15 is 0 Å². The number of piperidine rings is 1. The van der Waals surface area contributed by atoms with E-state index in [1.54, 1.807) is 6.07 Å². The number of primary amides is 1. The molecule has 1 amide bonds. The van der Waals surface area contributed by atoms with Crippen molar-refractivity contribution < 1.29 is 13.9 Å². The summed E-state index contributed by atoms with van der Waals surface area (Å²) < 4.78 is 19.5. The number of pyridine rings is 2. The number of nitrogens with two attached hydrogens (primary N) is 1. The van der Waals surface area contributed by atoms with Gasteiger partial charge in [0.15, 0.2) is 0 Å². The third-order valence-corrected chi connectivity index (χ3v) is 7.52. The van der Waals surface area contributed by atoms with Crippen molar-refractivity contribution in [2.75, 3.05) is 78.6 Å². The fourth-order valence-corrected chi connectivity index (χ4v) is 5.38. The molecular weight excluding hydrogens is 485 g/mol. The second-order valence-corrected chi connectivity index (χ2v) is 10.1. The van der Waals surface area contributed by atoms with Gasteiger partial charge in [-0.3, -0.25) is 4.79 Å². The average Bonchev–Trinajstić information content (AvgIpc) is 2.89. The lowest BCUT2D eigenvalue weighted by Crippen LogP contribution is -2.48. The number of carbonyl (C=O) groups is 1. The largest absolute Gasteiger partial charge is 0.377 e. The molecule has 3 aliphatic rings. The molecule has 1 atom stereocenters. The number of aromatic nitrogens is 2. The molecule has 3 saturated heterocycles. The van der Waals surface area contributed by atoms with E-state index in [0.717, 1.165) is 37.0 Å². The van der Waals surface area contributed by atoms with E-state index in [9.17, 15) is 9.18 Å². The summed E-state index contributed by atoms with van der Waals surface area (Å²) in [5.41, 5.74) is 6.73. The van der Waals surface area contributed by atoms with Gasteiger partial charge < -0.3 is 30.1 Å². The molecule has 11 heteroatoms. The lowest BCUT2D eigenvalue weighted by molar-refractivity contribution is 0.0985. The molecule has 0 aliphatic carbocycles. The van der Waals surface area contributed by atoms with E-state index in [2.05, 4.69) is 43.6 Å². The van der Waals surface area contributed by atoms with E-state index in [1.165, 1.54) is 6.20 Å². The van der Waals surface area contributed by atoms with Crippen LogP contribution in [-0.4, -0.2) is 87.1 Å². The van der Waals surface area contributed by atoms with Crippen molar-refractivity contribution in [3.8, 4) is 0 Å². The summed E-state index contributed by atoms with van der Waals surface area (Å²) in [6, 6.07) is 6.08. The van der Waals surface area contributed by atoms with Crippen LogP contribution in [0.5, 0.6) is 0 Å². The third-order valence-electron chi connectivity index (χ3n) is 7.24. The molecule has 2 aromatic rings. The molecule has 194 valence electrons. The number of carbonyl (C=O) groups excluding carboxylic acids is 1. The standard InChI is InChI=1S/C25H33ClFN7O2/c1-17-16-36-11-10-34(17)23-14-20(31-4-2-19(27)3-5-31)13-22(30-23)32-6-8-33(9-7-32)25-21(26)12-18(15-29-25)24(28)35/h12-15,17,19H,2-11,16H2,1H3,(H2,28,35)/t17-/m1/s1. The normalized spacial score (nSPS) is 21.7. The number of hydrogen-bond donors (Lipinski definition) is 1. The Balaban J connectivity index is 1.36. The maximum absolute atomic E-state index is 13.8. The molecule has 3 aliphatic heterocycles. The SMILES string of the molecule is C[C@@H]1COCCN1c1cc(N2CCC(F)CC2)cc(N2CCN(c3ncc(C(N)=O)cc3Cl)CC2)n1. The molecule has 5 rings (SSSR count). The Kier molecular flexibility index (Phi) is 7.34. The molecule has 0 spiro atoms. The van der Waals surface area contributed by atoms with Gasteiger partial charge in [0.1, 0.15) is 23.6 Å². The van der Waals surface area contributed by atoms with Crippen molar-refractivity contribution in [1.82, 2.24) is 9.97 Å². The van der Waals surface area contributed by atoms with Gasteiger partial charge in [-0.05, 0) is 25.8 Å². The topological polar surface area (TPSA) is 91.1 Å². The number of halogens is 2. The lowest BCUT2D eigenvalue weighted by atomic mass is 10.1. The van der Waals surface area contributed by atoms with E-state index in [0.29, 0.717) is 68.6 Å². The molecule has 2 aromatic heterocycles. The Morgan fingerprint density at radius 1 is 1.03 bits per heavy atom. The Morgan fingerprint density at radius 2 is 1.72 bits per heavy atom. The van der Waals surface area contributed by atoms with Crippen LogP contribution in [0, 0.1) is 0 Å². The van der Waals surface area contributed by atoms with Crippen LogP contribution in [-0.2, 0) is 4.74 Å². The minimum atomic E-state index is -0.716. The van der Waals surface area contributed by atoms with E-state index in [1.807, 2.05) is 0 Å². The summed E-state index contributed by atoms with van der Waals surface area (Å²) >= 11 is 6.41. The van der Waals surface area contributed by atoms with Crippen molar-refractivity contribution in [1.29, 1.82) is 0 Å². The molecular formula is C25H33ClFN7O2. The van der Waals surface area contributed by atoms with Crippen LogP contribution in [0.3, 0.4) is 0 Å². The fourth-order valence-electron chi connectivity index (χ4n) is 5.10. The number of anilines is 4. The number of amides is 1. The molecule has 5 heterocycles. The fraction of sp³-hybridized carbons (Fsp3) is 0.560. The van der Waals surface area contributed by atoms with E-state index in [4.69, 9.17) is 27.1 Å². The predicted octanol–water partition coefficient (Wildman–Crippen LogP) is 2.72. The van der Waals surface area contributed by atoms with Crippen LogP contribution in [0.25, 0.3) is 0 Å². The van der Waals surface area contributed by atoms with Gasteiger partial charge >= 0.3 is 0 Å². The Labute approximate surface area is 216 Å². The van der Waals surface area contributed by atoms with Gasteiger partial charge in [0.25, 0.3) is 0 Å². The van der Waals surface area contributed by atoms with Crippen LogP contribution in [0.4, 0.5) is 27.5 Å². The monoisotopic (exact) mass is 517 g/mol. The van der Waals surface area contributed by atoms with E-state index in [-0.39, 0.29) is 6.04 Å². The van der Waals surface area contributed by atoms with Crippen LogP contribution in [0.1, 0.15) is 30.1 Å². The quantitative estimate of drug-likeness (QED) is 0.647. The number of rotatable bonds is 5. The summed E-state index contributed by atoms with van der Waals surface area (Å²) in [6.45, 7) is 8.65. The van der Waals surface area contributed by atoms with Crippen molar-refractivity contribution in [2.45, 2.75) is 32.0 Å². The molecule has 0 radical (unpaired) electrons. The first-order chi connectivity index (χ1) is 17.4. The van der Waals surface area contributed by atoms with Crippen molar-refractivity contribution >= 4 is 40.6 Å². The van der Waals surface area contributed by atoms with Crippen LogP contribution in [0.2, 0.25) is 5.02 Å². The van der Waals surface area contributed by atoms with Gasteiger partial charge in [-0.2, -0.15) is 0 Å². The highest BCUT2D eigenvalue weighted by atomic mass is 35.5. The molecule has 36 heavy (non-hydrogen) atoms. The summed E-state index contributed by atoms with van der Waals surface area (Å²) in [5, 5.41) is 0.416. The summed E-state index contributed by atoms with van der Waals surface area (Å²) in [5.74, 6) is 1.97. The molecule has 0 bridgehead atoms. The van der Waals surface area contributed by atoms with Gasteiger partial charge in [-0.1, -0.05) is 11.6 Å². The minimum Gasteiger partial charge on any atom is -0.377 e. The van der Waals surface area contributed by atoms with Crippen molar-refractivity contribution in [2.24, 2.45) is 5.73 Å². The lowest BCUT2D eigenvalue weighted by Gasteiger charge is -2.39. The van der Waals surface area contributed by atoms with Crippen LogP contribution < -0.4 is 25.3 Å². The maximum atomic E-state index is 13.8. The van der Waals surface area contributed by atoms with Crippen molar-refractivity contribution in [3.05, 3.63) is 35.0 Å². The Morgan fingerprint density at radius 3 is 2.39 bits per heavy atom. The third kappa shape index (κ3) is 5.29. The number of nitrogens with zero attached hydrogens (tertiary/aromatic N) is 6. The molecule has 2 N–H and O–H groups in total. The second kappa shape index (κ2) is 10.6. The molecule has 0 saturated carbocycles. The first kappa shape index (κ1) is 24.8. The molecule has 0 unspecified atom stereocenters. The summed E-state index contributed by atoms with van der Waals surface area (Å²) in [4.78, 5) is 29.9. The number of hydrogen-bond acceptors (Lipinski definition) is 8. The predicted molar refractivity (Wildman–Crippen MR) is 140 cm³/mol. The zero-order valence-corrected chi connectivity index (χ0v) is 21.3. The number of ether oxygens (including phenoxy) is 1. The smallest absolute Gasteiger partial charge is 0.250 e. The van der Waals surface area contributed by atoms with Crippen LogP contribution in [0.15, 0.2) is 24.4 Å². The highest BCUT2D eigenvalue weighted by Gasteiger charge is 2.27. The zero-order valence-electron chi connectivity index (χ0n) is 20.6. The average molecular weight is 518 g/mol. The second-order valence-electron chi connectivity index (χ2n) is 9.69. The number of morpholine rings is 1. The minimum absolute atomic E-state index is 0.236.